The second-order valence-electron chi connectivity index (χ2n) is 3.46. The Morgan fingerprint density at radius 1 is 1.19 bits per heavy atom. The Morgan fingerprint density at radius 3 is 2.12 bits per heavy atom. The Balaban J connectivity index is 0.00000106. The normalized spacial score (nSPS) is 8.94. The highest BCUT2D eigenvalue weighted by Gasteiger charge is 2.12. The minimum Gasteiger partial charge on any atom is -0.496 e. The van der Waals surface area contributed by atoms with Gasteiger partial charge in [0.05, 0.1) is 12.7 Å². The lowest BCUT2D eigenvalue weighted by Gasteiger charge is -2.12. The van der Waals surface area contributed by atoms with E-state index in [2.05, 4.69) is 0 Å². The van der Waals surface area contributed by atoms with Crippen molar-refractivity contribution in [2.24, 2.45) is 0 Å². The Bertz CT molecular complexity index is 343. The topological polar surface area (TPSA) is 9.23 Å². The van der Waals surface area contributed by atoms with E-state index in [0.29, 0.717) is 11.3 Å². The van der Waals surface area contributed by atoms with Crippen LogP contribution in [0.25, 0.3) is 5.76 Å². The van der Waals surface area contributed by atoms with Crippen LogP contribution in [0.15, 0.2) is 23.8 Å². The minimum absolute atomic E-state index is 0.233. The number of ether oxygens (including phenoxy) is 1. The molecular formula is C14H21FO. The molecule has 0 heterocycles. The van der Waals surface area contributed by atoms with Crippen LogP contribution in [0.2, 0.25) is 0 Å². The summed E-state index contributed by atoms with van der Waals surface area (Å²) in [5.74, 6) is 0.392. The molecule has 0 spiro atoms. The van der Waals surface area contributed by atoms with E-state index in [0.717, 1.165) is 11.1 Å². The van der Waals surface area contributed by atoms with Gasteiger partial charge in [-0.15, -0.1) is 0 Å². The first-order valence-electron chi connectivity index (χ1n) is 5.55. The fourth-order valence-electron chi connectivity index (χ4n) is 1.48. The van der Waals surface area contributed by atoms with E-state index in [1.165, 1.54) is 6.07 Å². The van der Waals surface area contributed by atoms with Crippen LogP contribution in [0.4, 0.5) is 4.39 Å². The molecule has 0 aliphatic rings. The van der Waals surface area contributed by atoms with Crippen LogP contribution < -0.4 is 0 Å². The molecule has 0 unspecified atom stereocenters. The van der Waals surface area contributed by atoms with Crippen molar-refractivity contribution < 1.29 is 9.13 Å². The molecular weight excluding hydrogens is 203 g/mol. The minimum atomic E-state index is -0.233. The zero-order valence-electron chi connectivity index (χ0n) is 11.0. The summed E-state index contributed by atoms with van der Waals surface area (Å²) in [6.07, 6.45) is 0. The summed E-state index contributed by atoms with van der Waals surface area (Å²) in [7, 11) is 1.56. The quantitative estimate of drug-likeness (QED) is 0.669. The molecule has 0 N–H and O–H groups in total. The van der Waals surface area contributed by atoms with Gasteiger partial charge in [0.25, 0.3) is 0 Å². The summed E-state index contributed by atoms with van der Waals surface area (Å²) in [4.78, 5) is 0. The summed E-state index contributed by atoms with van der Waals surface area (Å²) in [6, 6.07) is 5.02. The number of aryl methyl sites for hydroxylation is 1. The van der Waals surface area contributed by atoms with E-state index < -0.39 is 0 Å². The van der Waals surface area contributed by atoms with E-state index in [9.17, 15) is 4.39 Å². The van der Waals surface area contributed by atoms with Crippen LogP contribution in [-0.2, 0) is 4.74 Å². The van der Waals surface area contributed by atoms with E-state index in [-0.39, 0.29) is 5.82 Å². The maximum Gasteiger partial charge on any atom is 0.134 e. The predicted octanol–water partition coefficient (Wildman–Crippen LogP) is 4.56. The van der Waals surface area contributed by atoms with Gasteiger partial charge in [-0.25, -0.2) is 4.39 Å². The maximum atomic E-state index is 13.5. The average Bonchev–Trinajstić information content (AvgIpc) is 2.26. The molecule has 0 aliphatic heterocycles. The van der Waals surface area contributed by atoms with Crippen molar-refractivity contribution in [1.82, 2.24) is 0 Å². The highest BCUT2D eigenvalue weighted by Crippen LogP contribution is 2.25. The summed E-state index contributed by atoms with van der Waals surface area (Å²) < 4.78 is 18.7. The highest BCUT2D eigenvalue weighted by atomic mass is 19.1. The molecule has 0 saturated heterocycles. The zero-order valence-corrected chi connectivity index (χ0v) is 11.0. The lowest BCUT2D eigenvalue weighted by molar-refractivity contribution is 0.363. The number of benzene rings is 1. The van der Waals surface area contributed by atoms with Gasteiger partial charge in [0.1, 0.15) is 11.6 Å². The van der Waals surface area contributed by atoms with E-state index in [4.69, 9.17) is 4.74 Å². The third-order valence-corrected chi connectivity index (χ3v) is 2.11. The Labute approximate surface area is 97.9 Å². The van der Waals surface area contributed by atoms with Gasteiger partial charge >= 0.3 is 0 Å². The lowest BCUT2D eigenvalue weighted by atomic mass is 10.0. The van der Waals surface area contributed by atoms with Crippen LogP contribution in [0, 0.1) is 12.7 Å². The van der Waals surface area contributed by atoms with Gasteiger partial charge in [0, 0.05) is 0 Å². The number of halogens is 1. The molecule has 1 rings (SSSR count). The Kier molecular flexibility index (Phi) is 6.47. The molecule has 0 atom stereocenters. The molecule has 0 saturated carbocycles. The fourth-order valence-corrected chi connectivity index (χ4v) is 1.48. The van der Waals surface area contributed by atoms with E-state index in [1.807, 2.05) is 40.7 Å². The fraction of sp³-hybridized carbons (Fsp3) is 0.429. The SMILES string of the molecule is CC.COC(=C(C)C)c1c(C)cccc1F. The van der Waals surface area contributed by atoms with Crippen LogP contribution in [0.1, 0.15) is 38.8 Å². The standard InChI is InChI=1S/C12H15FO.C2H6/c1-8(2)12(14-4)11-9(3)6-5-7-10(11)13;1-2/h5-7H,1-4H3;1-2H3. The van der Waals surface area contributed by atoms with Gasteiger partial charge in [-0.1, -0.05) is 26.0 Å². The average molecular weight is 224 g/mol. The van der Waals surface area contributed by atoms with Crippen molar-refractivity contribution in [1.29, 1.82) is 0 Å². The number of hydrogen-bond donors (Lipinski definition) is 0. The van der Waals surface area contributed by atoms with Crippen molar-refractivity contribution in [3.8, 4) is 0 Å². The third-order valence-electron chi connectivity index (χ3n) is 2.11. The zero-order chi connectivity index (χ0) is 12.7. The molecule has 0 amide bonds. The first-order chi connectivity index (χ1) is 7.57. The summed E-state index contributed by atoms with van der Waals surface area (Å²) in [5.41, 5.74) is 2.43. The summed E-state index contributed by atoms with van der Waals surface area (Å²) >= 11 is 0. The number of allylic oxidation sites excluding steroid dienone is 1. The number of rotatable bonds is 2. The second-order valence-corrected chi connectivity index (χ2v) is 3.46. The molecule has 0 radical (unpaired) electrons. The van der Waals surface area contributed by atoms with Crippen molar-refractivity contribution in [3.63, 3.8) is 0 Å². The largest absolute Gasteiger partial charge is 0.496 e. The monoisotopic (exact) mass is 224 g/mol. The van der Waals surface area contributed by atoms with Crippen LogP contribution in [0.3, 0.4) is 0 Å². The molecule has 2 heteroatoms. The number of hydrogen-bond acceptors (Lipinski definition) is 1. The third kappa shape index (κ3) is 3.37. The van der Waals surface area contributed by atoms with E-state index >= 15 is 0 Å². The van der Waals surface area contributed by atoms with Crippen molar-refractivity contribution in [2.75, 3.05) is 7.11 Å². The van der Waals surface area contributed by atoms with Gasteiger partial charge in [-0.3, -0.25) is 0 Å². The van der Waals surface area contributed by atoms with Crippen LogP contribution >= 0.6 is 0 Å². The highest BCUT2D eigenvalue weighted by molar-refractivity contribution is 5.65. The van der Waals surface area contributed by atoms with Gasteiger partial charge in [0.15, 0.2) is 0 Å². The lowest BCUT2D eigenvalue weighted by Crippen LogP contribution is -1.97. The first kappa shape index (κ1) is 14.7. The molecule has 1 nitrogen and oxygen atoms in total. The molecule has 0 aromatic heterocycles. The van der Waals surface area contributed by atoms with Gasteiger partial charge < -0.3 is 4.74 Å². The molecule has 16 heavy (non-hydrogen) atoms. The Hall–Kier alpha value is -1.31. The second kappa shape index (κ2) is 7.04. The molecule has 0 aliphatic carbocycles. The van der Waals surface area contributed by atoms with E-state index in [1.54, 1.807) is 13.2 Å². The molecule has 1 aromatic carbocycles. The molecule has 90 valence electrons. The van der Waals surface area contributed by atoms with Crippen molar-refractivity contribution >= 4 is 5.76 Å². The predicted molar refractivity (Wildman–Crippen MR) is 67.8 cm³/mol. The summed E-state index contributed by atoms with van der Waals surface area (Å²) in [5, 5.41) is 0. The smallest absolute Gasteiger partial charge is 0.134 e. The summed E-state index contributed by atoms with van der Waals surface area (Å²) in [6.45, 7) is 9.69. The van der Waals surface area contributed by atoms with Crippen molar-refractivity contribution in [2.45, 2.75) is 34.6 Å². The number of methoxy groups -OCH3 is 1. The molecule has 0 fully saturated rings. The van der Waals surface area contributed by atoms with Crippen molar-refractivity contribution in [3.05, 3.63) is 40.7 Å². The van der Waals surface area contributed by atoms with Gasteiger partial charge in [-0.05, 0) is 38.0 Å². The van der Waals surface area contributed by atoms with Gasteiger partial charge in [-0.2, -0.15) is 0 Å². The van der Waals surface area contributed by atoms with Crippen LogP contribution in [0.5, 0.6) is 0 Å². The molecule has 0 bridgehead atoms. The molecule has 1 aromatic rings. The Morgan fingerprint density at radius 2 is 1.75 bits per heavy atom. The maximum absolute atomic E-state index is 13.5. The van der Waals surface area contributed by atoms with Gasteiger partial charge in [0.2, 0.25) is 0 Å². The first-order valence-corrected chi connectivity index (χ1v) is 5.55. The van der Waals surface area contributed by atoms with Crippen LogP contribution in [-0.4, -0.2) is 7.11 Å².